The molecule has 1 aromatic carbocycles. The van der Waals surface area contributed by atoms with Crippen LogP contribution in [0.1, 0.15) is 33.3 Å². The van der Waals surface area contributed by atoms with Gasteiger partial charge in [-0.3, -0.25) is 0 Å². The number of carbonyl (C=O) groups excluding carboxylic acids is 1. The Morgan fingerprint density at radius 2 is 2.05 bits per heavy atom. The van der Waals surface area contributed by atoms with E-state index in [1.54, 1.807) is 7.11 Å². The summed E-state index contributed by atoms with van der Waals surface area (Å²) >= 11 is 0. The molecule has 112 valence electrons. The topological polar surface area (TPSA) is 41.6 Å². The van der Waals surface area contributed by atoms with Crippen LogP contribution in [-0.2, 0) is 6.42 Å². The predicted molar refractivity (Wildman–Crippen MR) is 82.2 cm³/mol. The molecule has 0 aliphatic heterocycles. The Labute approximate surface area is 122 Å². The standard InChI is InChI=1S/C16H26N2O2/c1-6-18(16(2,3)4)15(19)17-11-10-13-8-7-9-14(12-13)20-5/h7-9,12H,6,10-11H2,1-5H3,(H,17,19). The minimum atomic E-state index is -0.158. The van der Waals surface area contributed by atoms with Crippen LogP contribution >= 0.6 is 0 Å². The Balaban J connectivity index is 2.49. The van der Waals surface area contributed by atoms with Gasteiger partial charge in [-0.25, -0.2) is 4.79 Å². The summed E-state index contributed by atoms with van der Waals surface area (Å²) in [4.78, 5) is 14.0. The largest absolute Gasteiger partial charge is 0.497 e. The number of carbonyl (C=O) groups is 1. The smallest absolute Gasteiger partial charge is 0.317 e. The maximum absolute atomic E-state index is 12.1. The zero-order valence-corrected chi connectivity index (χ0v) is 13.2. The first kappa shape index (κ1) is 16.3. The van der Waals surface area contributed by atoms with Crippen molar-refractivity contribution >= 4 is 6.03 Å². The van der Waals surface area contributed by atoms with E-state index in [0.717, 1.165) is 17.7 Å². The minimum Gasteiger partial charge on any atom is -0.497 e. The van der Waals surface area contributed by atoms with Crippen LogP contribution in [0.2, 0.25) is 0 Å². The highest BCUT2D eigenvalue weighted by Gasteiger charge is 2.24. The molecule has 0 bridgehead atoms. The van der Waals surface area contributed by atoms with Gasteiger partial charge in [-0.15, -0.1) is 0 Å². The summed E-state index contributed by atoms with van der Waals surface area (Å²) in [5.74, 6) is 0.846. The fourth-order valence-electron chi connectivity index (χ4n) is 2.16. The maximum Gasteiger partial charge on any atom is 0.317 e. The lowest BCUT2D eigenvalue weighted by Gasteiger charge is -2.34. The van der Waals surface area contributed by atoms with Crippen molar-refractivity contribution in [3.63, 3.8) is 0 Å². The van der Waals surface area contributed by atoms with Crippen LogP contribution in [0.4, 0.5) is 4.79 Å². The lowest BCUT2D eigenvalue weighted by molar-refractivity contribution is 0.150. The molecular formula is C16H26N2O2. The number of urea groups is 1. The third-order valence-corrected chi connectivity index (χ3v) is 3.20. The van der Waals surface area contributed by atoms with Gasteiger partial charge in [0.2, 0.25) is 0 Å². The SMILES string of the molecule is CCN(C(=O)NCCc1cccc(OC)c1)C(C)(C)C. The Hall–Kier alpha value is -1.71. The molecule has 0 heterocycles. The molecule has 0 saturated heterocycles. The van der Waals surface area contributed by atoms with Gasteiger partial charge in [-0.05, 0) is 51.8 Å². The molecule has 0 aliphatic carbocycles. The second-order valence-electron chi connectivity index (χ2n) is 5.75. The predicted octanol–water partition coefficient (Wildman–Crippen LogP) is 3.07. The molecule has 0 radical (unpaired) electrons. The quantitative estimate of drug-likeness (QED) is 0.899. The van der Waals surface area contributed by atoms with Crippen LogP contribution in [0.5, 0.6) is 5.75 Å². The molecule has 2 amide bonds. The van der Waals surface area contributed by atoms with Crippen molar-refractivity contribution in [2.24, 2.45) is 0 Å². The van der Waals surface area contributed by atoms with E-state index in [4.69, 9.17) is 4.74 Å². The molecule has 1 aromatic rings. The van der Waals surface area contributed by atoms with Crippen molar-refractivity contribution in [1.82, 2.24) is 10.2 Å². The van der Waals surface area contributed by atoms with E-state index in [0.29, 0.717) is 13.1 Å². The maximum atomic E-state index is 12.1. The molecule has 0 aliphatic rings. The second-order valence-corrected chi connectivity index (χ2v) is 5.75. The number of nitrogens with zero attached hydrogens (tertiary/aromatic N) is 1. The van der Waals surface area contributed by atoms with Crippen LogP contribution in [0.25, 0.3) is 0 Å². The fraction of sp³-hybridized carbons (Fsp3) is 0.562. The molecule has 4 heteroatoms. The average Bonchev–Trinajstić information content (AvgIpc) is 2.38. The van der Waals surface area contributed by atoms with Gasteiger partial charge in [-0.1, -0.05) is 12.1 Å². The number of rotatable bonds is 5. The van der Waals surface area contributed by atoms with E-state index >= 15 is 0 Å². The van der Waals surface area contributed by atoms with Gasteiger partial charge in [0.25, 0.3) is 0 Å². The molecule has 1 N–H and O–H groups in total. The highest BCUT2D eigenvalue weighted by molar-refractivity contribution is 5.74. The minimum absolute atomic E-state index is 0.0112. The summed E-state index contributed by atoms with van der Waals surface area (Å²) in [6.45, 7) is 9.44. The number of methoxy groups -OCH3 is 1. The Morgan fingerprint density at radius 1 is 1.35 bits per heavy atom. The summed E-state index contributed by atoms with van der Waals surface area (Å²) in [5.41, 5.74) is 0.998. The van der Waals surface area contributed by atoms with Gasteiger partial charge in [0.15, 0.2) is 0 Å². The molecule has 0 atom stereocenters. The monoisotopic (exact) mass is 278 g/mol. The van der Waals surface area contributed by atoms with E-state index in [1.807, 2.05) is 56.9 Å². The van der Waals surface area contributed by atoms with Crippen LogP contribution in [0, 0.1) is 0 Å². The van der Waals surface area contributed by atoms with E-state index in [1.165, 1.54) is 0 Å². The van der Waals surface area contributed by atoms with Crippen molar-refractivity contribution in [3.8, 4) is 5.75 Å². The Bertz CT molecular complexity index is 438. The van der Waals surface area contributed by atoms with Gasteiger partial charge < -0.3 is 15.0 Å². The number of ether oxygens (including phenoxy) is 1. The second kappa shape index (κ2) is 7.17. The van der Waals surface area contributed by atoms with Crippen molar-refractivity contribution in [2.45, 2.75) is 39.7 Å². The zero-order chi connectivity index (χ0) is 15.2. The van der Waals surface area contributed by atoms with Crippen molar-refractivity contribution < 1.29 is 9.53 Å². The third-order valence-electron chi connectivity index (χ3n) is 3.20. The van der Waals surface area contributed by atoms with E-state index in [2.05, 4.69) is 5.32 Å². The van der Waals surface area contributed by atoms with Crippen molar-refractivity contribution in [1.29, 1.82) is 0 Å². The third kappa shape index (κ3) is 4.76. The molecule has 4 nitrogen and oxygen atoms in total. The molecule has 0 spiro atoms. The van der Waals surface area contributed by atoms with Gasteiger partial charge in [0, 0.05) is 18.6 Å². The number of amides is 2. The first-order chi connectivity index (χ1) is 9.38. The summed E-state index contributed by atoms with van der Waals surface area (Å²) in [6, 6.07) is 7.90. The average molecular weight is 278 g/mol. The van der Waals surface area contributed by atoms with Crippen LogP contribution in [-0.4, -0.2) is 36.7 Å². The lowest BCUT2D eigenvalue weighted by Crippen LogP contribution is -2.50. The number of nitrogens with one attached hydrogen (secondary N) is 1. The number of hydrogen-bond acceptors (Lipinski definition) is 2. The van der Waals surface area contributed by atoms with Gasteiger partial charge in [0.05, 0.1) is 7.11 Å². The number of hydrogen-bond donors (Lipinski definition) is 1. The highest BCUT2D eigenvalue weighted by atomic mass is 16.5. The number of benzene rings is 1. The first-order valence-electron chi connectivity index (χ1n) is 7.07. The molecule has 0 fully saturated rings. The Kier molecular flexibility index (Phi) is 5.86. The first-order valence-corrected chi connectivity index (χ1v) is 7.07. The molecule has 0 unspecified atom stereocenters. The zero-order valence-electron chi connectivity index (χ0n) is 13.2. The Morgan fingerprint density at radius 3 is 2.60 bits per heavy atom. The van der Waals surface area contributed by atoms with Gasteiger partial charge >= 0.3 is 6.03 Å². The van der Waals surface area contributed by atoms with E-state index in [-0.39, 0.29) is 11.6 Å². The molecule has 0 aromatic heterocycles. The summed E-state index contributed by atoms with van der Waals surface area (Å²) in [6.07, 6.45) is 0.796. The molecule has 20 heavy (non-hydrogen) atoms. The summed E-state index contributed by atoms with van der Waals surface area (Å²) in [7, 11) is 1.66. The molecule has 0 saturated carbocycles. The van der Waals surface area contributed by atoms with Crippen LogP contribution in [0.3, 0.4) is 0 Å². The van der Waals surface area contributed by atoms with Crippen molar-refractivity contribution in [2.75, 3.05) is 20.2 Å². The van der Waals surface area contributed by atoms with Gasteiger partial charge in [0.1, 0.15) is 5.75 Å². The molecule has 1 rings (SSSR count). The molecular weight excluding hydrogens is 252 g/mol. The lowest BCUT2D eigenvalue weighted by atomic mass is 10.1. The van der Waals surface area contributed by atoms with Crippen molar-refractivity contribution in [3.05, 3.63) is 29.8 Å². The van der Waals surface area contributed by atoms with E-state index in [9.17, 15) is 4.79 Å². The van der Waals surface area contributed by atoms with Crippen LogP contribution in [0.15, 0.2) is 24.3 Å². The van der Waals surface area contributed by atoms with E-state index < -0.39 is 0 Å². The fourth-order valence-corrected chi connectivity index (χ4v) is 2.16. The van der Waals surface area contributed by atoms with Gasteiger partial charge in [-0.2, -0.15) is 0 Å². The normalized spacial score (nSPS) is 11.1. The summed E-state index contributed by atoms with van der Waals surface area (Å²) < 4.78 is 5.19. The summed E-state index contributed by atoms with van der Waals surface area (Å²) in [5, 5.41) is 2.97. The van der Waals surface area contributed by atoms with Crippen LogP contribution < -0.4 is 10.1 Å². The highest BCUT2D eigenvalue weighted by Crippen LogP contribution is 2.14.